The van der Waals surface area contributed by atoms with E-state index < -0.39 is 6.04 Å². The van der Waals surface area contributed by atoms with Crippen LogP contribution in [0.4, 0.5) is 5.13 Å². The molecule has 0 saturated heterocycles. The molecule has 0 aromatic carbocycles. The molecular formula is C23H36N4O2S. The summed E-state index contributed by atoms with van der Waals surface area (Å²) >= 11 is 1.45. The Labute approximate surface area is 184 Å². The van der Waals surface area contributed by atoms with E-state index in [0.717, 1.165) is 37.1 Å². The Morgan fingerprint density at radius 3 is 2.10 bits per heavy atom. The van der Waals surface area contributed by atoms with E-state index in [2.05, 4.69) is 34.7 Å². The standard InChI is InChI=1S/C23H36N4O2S/c1-5-17(6-2)20-26-27-22(30-20)25-19(28)18(13(3)4)24-21(29)23-10-14-7-15(11-23)9-16(8-14)12-23/h13-18H,5-12H2,1-4H3,(H,24,29)(H,25,27,28). The fourth-order valence-electron chi connectivity index (χ4n) is 6.49. The van der Waals surface area contributed by atoms with E-state index >= 15 is 0 Å². The van der Waals surface area contributed by atoms with Gasteiger partial charge in [0.1, 0.15) is 11.0 Å². The summed E-state index contributed by atoms with van der Waals surface area (Å²) < 4.78 is 0. The molecule has 1 heterocycles. The average molecular weight is 433 g/mol. The molecular weight excluding hydrogens is 396 g/mol. The van der Waals surface area contributed by atoms with Gasteiger partial charge in [0.2, 0.25) is 16.9 Å². The van der Waals surface area contributed by atoms with Gasteiger partial charge >= 0.3 is 0 Å². The van der Waals surface area contributed by atoms with Crippen molar-refractivity contribution in [3.05, 3.63) is 5.01 Å². The minimum Gasteiger partial charge on any atom is -0.344 e. The van der Waals surface area contributed by atoms with Crippen LogP contribution in [0.25, 0.3) is 0 Å². The van der Waals surface area contributed by atoms with Gasteiger partial charge in [-0.2, -0.15) is 0 Å². The quantitative estimate of drug-likeness (QED) is 0.621. The number of carbonyl (C=O) groups is 2. The smallest absolute Gasteiger partial charge is 0.249 e. The summed E-state index contributed by atoms with van der Waals surface area (Å²) in [5.41, 5.74) is -0.243. The Morgan fingerprint density at radius 2 is 1.60 bits per heavy atom. The molecule has 1 aromatic heterocycles. The van der Waals surface area contributed by atoms with E-state index in [1.54, 1.807) is 0 Å². The molecule has 4 aliphatic rings. The fourth-order valence-corrected chi connectivity index (χ4v) is 7.50. The van der Waals surface area contributed by atoms with Gasteiger partial charge in [0.15, 0.2) is 0 Å². The lowest BCUT2D eigenvalue weighted by atomic mass is 9.49. The topological polar surface area (TPSA) is 84.0 Å². The molecule has 4 saturated carbocycles. The van der Waals surface area contributed by atoms with Crippen molar-refractivity contribution in [3.63, 3.8) is 0 Å². The Balaban J connectivity index is 1.43. The second-order valence-electron chi connectivity index (χ2n) is 10.3. The highest BCUT2D eigenvalue weighted by molar-refractivity contribution is 7.15. The fraction of sp³-hybridized carbons (Fsp3) is 0.826. The first-order valence-corrected chi connectivity index (χ1v) is 12.6. The predicted octanol–water partition coefficient (Wildman–Crippen LogP) is 4.74. The first-order chi connectivity index (χ1) is 14.3. The van der Waals surface area contributed by atoms with Crippen molar-refractivity contribution in [2.45, 2.75) is 91.0 Å². The lowest BCUT2D eigenvalue weighted by Crippen LogP contribution is -2.57. The molecule has 5 rings (SSSR count). The highest BCUT2D eigenvalue weighted by Gasteiger charge is 2.55. The van der Waals surface area contributed by atoms with Crippen LogP contribution in [-0.2, 0) is 9.59 Å². The van der Waals surface area contributed by atoms with Crippen LogP contribution in [0.1, 0.15) is 90.0 Å². The van der Waals surface area contributed by atoms with Crippen molar-refractivity contribution in [1.29, 1.82) is 0 Å². The molecule has 4 bridgehead atoms. The SMILES string of the molecule is CCC(CC)c1nnc(NC(=O)C(NC(=O)C23CC4CC(CC(C4)C2)C3)C(C)C)s1. The average Bonchev–Trinajstić information content (AvgIpc) is 3.13. The number of rotatable bonds is 8. The van der Waals surface area contributed by atoms with Gasteiger partial charge in [-0.25, -0.2) is 0 Å². The van der Waals surface area contributed by atoms with Crippen molar-refractivity contribution in [3.8, 4) is 0 Å². The molecule has 6 nitrogen and oxygen atoms in total. The molecule has 4 aliphatic carbocycles. The Bertz CT molecular complexity index is 751. The molecule has 2 amide bonds. The predicted molar refractivity (Wildman–Crippen MR) is 119 cm³/mol. The highest BCUT2D eigenvalue weighted by atomic mass is 32.1. The van der Waals surface area contributed by atoms with Crippen molar-refractivity contribution < 1.29 is 9.59 Å². The number of amides is 2. The normalized spacial score (nSPS) is 30.7. The van der Waals surface area contributed by atoms with Gasteiger partial charge in [0.05, 0.1) is 0 Å². The Kier molecular flexibility index (Phi) is 6.20. The Morgan fingerprint density at radius 1 is 1.03 bits per heavy atom. The summed E-state index contributed by atoms with van der Waals surface area (Å²) in [5.74, 6) is 2.43. The summed E-state index contributed by atoms with van der Waals surface area (Å²) in [4.78, 5) is 26.5. The number of nitrogens with one attached hydrogen (secondary N) is 2. The molecule has 30 heavy (non-hydrogen) atoms. The summed E-state index contributed by atoms with van der Waals surface area (Å²) in [5, 5.41) is 16.0. The van der Waals surface area contributed by atoms with Gasteiger partial charge in [-0.1, -0.05) is 39.0 Å². The van der Waals surface area contributed by atoms with Crippen molar-refractivity contribution in [2.24, 2.45) is 29.1 Å². The second-order valence-corrected chi connectivity index (χ2v) is 11.4. The van der Waals surface area contributed by atoms with Crippen molar-refractivity contribution >= 4 is 28.3 Å². The van der Waals surface area contributed by atoms with Gasteiger partial charge in [-0.15, -0.1) is 10.2 Å². The van der Waals surface area contributed by atoms with Crippen LogP contribution >= 0.6 is 11.3 Å². The molecule has 4 fully saturated rings. The second kappa shape index (κ2) is 8.56. The number of aromatic nitrogens is 2. The van der Waals surface area contributed by atoms with Crippen LogP contribution in [0.3, 0.4) is 0 Å². The monoisotopic (exact) mass is 432 g/mol. The summed E-state index contributed by atoms with van der Waals surface area (Å²) in [7, 11) is 0. The van der Waals surface area contributed by atoms with Crippen LogP contribution < -0.4 is 10.6 Å². The third kappa shape index (κ3) is 4.14. The van der Waals surface area contributed by atoms with Crippen LogP contribution in [0, 0.1) is 29.1 Å². The maximum atomic E-state index is 13.4. The minimum atomic E-state index is -0.550. The van der Waals surface area contributed by atoms with E-state index in [9.17, 15) is 9.59 Å². The van der Waals surface area contributed by atoms with Crippen LogP contribution in [-0.4, -0.2) is 28.1 Å². The molecule has 1 atom stereocenters. The number of hydrogen-bond acceptors (Lipinski definition) is 5. The third-order valence-corrected chi connectivity index (χ3v) is 8.76. The third-order valence-electron chi connectivity index (χ3n) is 7.76. The number of hydrogen-bond donors (Lipinski definition) is 2. The van der Waals surface area contributed by atoms with E-state index in [-0.39, 0.29) is 23.1 Å². The number of anilines is 1. The molecule has 7 heteroatoms. The van der Waals surface area contributed by atoms with Crippen molar-refractivity contribution in [1.82, 2.24) is 15.5 Å². The van der Waals surface area contributed by atoms with E-state index in [1.165, 1.54) is 30.6 Å². The Hall–Kier alpha value is -1.50. The lowest BCUT2D eigenvalue weighted by molar-refractivity contribution is -0.148. The number of carbonyl (C=O) groups excluding carboxylic acids is 2. The zero-order chi connectivity index (χ0) is 21.5. The zero-order valence-corrected chi connectivity index (χ0v) is 19.6. The maximum Gasteiger partial charge on any atom is 0.249 e. The van der Waals surface area contributed by atoms with Gasteiger partial charge in [0.25, 0.3) is 0 Å². The molecule has 1 aromatic rings. The molecule has 2 N–H and O–H groups in total. The van der Waals surface area contributed by atoms with Crippen LogP contribution in [0.2, 0.25) is 0 Å². The largest absolute Gasteiger partial charge is 0.344 e. The van der Waals surface area contributed by atoms with Gasteiger partial charge in [-0.05, 0) is 75.0 Å². The van der Waals surface area contributed by atoms with Crippen LogP contribution in [0.5, 0.6) is 0 Å². The first-order valence-electron chi connectivity index (χ1n) is 11.8. The maximum absolute atomic E-state index is 13.4. The molecule has 1 unspecified atom stereocenters. The molecule has 0 spiro atoms. The molecule has 0 aliphatic heterocycles. The summed E-state index contributed by atoms with van der Waals surface area (Å²) in [6.07, 6.45) is 8.94. The lowest BCUT2D eigenvalue weighted by Gasteiger charge is -2.55. The van der Waals surface area contributed by atoms with E-state index in [4.69, 9.17) is 0 Å². The van der Waals surface area contributed by atoms with Crippen molar-refractivity contribution in [2.75, 3.05) is 5.32 Å². The first kappa shape index (κ1) is 21.7. The zero-order valence-electron chi connectivity index (χ0n) is 18.7. The number of nitrogens with zero attached hydrogens (tertiary/aromatic N) is 2. The highest BCUT2D eigenvalue weighted by Crippen LogP contribution is 2.60. The minimum absolute atomic E-state index is 0.00860. The summed E-state index contributed by atoms with van der Waals surface area (Å²) in [6, 6.07) is -0.550. The van der Waals surface area contributed by atoms with E-state index in [1.807, 2.05) is 13.8 Å². The van der Waals surface area contributed by atoms with Gasteiger partial charge < -0.3 is 5.32 Å². The van der Waals surface area contributed by atoms with Crippen LogP contribution in [0.15, 0.2) is 0 Å². The van der Waals surface area contributed by atoms with Gasteiger partial charge in [0, 0.05) is 11.3 Å². The molecule has 166 valence electrons. The van der Waals surface area contributed by atoms with Gasteiger partial charge in [-0.3, -0.25) is 14.9 Å². The molecule has 0 radical (unpaired) electrons. The van der Waals surface area contributed by atoms with E-state index in [0.29, 0.717) is 28.8 Å². The summed E-state index contributed by atoms with van der Waals surface area (Å²) in [6.45, 7) is 8.26.